The molecule has 2 fully saturated rings. The third kappa shape index (κ3) is 4.95. The molecule has 1 amide bonds. The molecule has 4 atom stereocenters. The minimum absolute atomic E-state index is 0.0169. The molecule has 6 heteroatoms. The molecule has 0 bridgehead atoms. The standard InChI is InChI=1S/C20H29FN2O3/c1-14(24)22-19-10-15-12-23(13-16(15)11-20(19)25-2)8-3-9-26-18-6-4-17(21)5-7-18/h4-7,15-16,19-20H,3,8-13H2,1-2H3,(H,22,24)/t15-,16+,19-,20-/m1/s1. The zero-order valence-corrected chi connectivity index (χ0v) is 15.6. The van der Waals surface area contributed by atoms with Gasteiger partial charge in [0.25, 0.3) is 0 Å². The fourth-order valence-corrected chi connectivity index (χ4v) is 4.38. The van der Waals surface area contributed by atoms with Gasteiger partial charge in [0.2, 0.25) is 5.91 Å². The van der Waals surface area contributed by atoms with Gasteiger partial charge in [-0.2, -0.15) is 0 Å². The minimum Gasteiger partial charge on any atom is -0.494 e. The van der Waals surface area contributed by atoms with Gasteiger partial charge in [-0.15, -0.1) is 0 Å². The van der Waals surface area contributed by atoms with Crippen molar-refractivity contribution < 1.29 is 18.7 Å². The first-order valence-electron chi connectivity index (χ1n) is 9.45. The Bertz CT molecular complexity index is 595. The van der Waals surface area contributed by atoms with Crippen LogP contribution < -0.4 is 10.1 Å². The van der Waals surface area contributed by atoms with Crippen molar-refractivity contribution in [3.05, 3.63) is 30.1 Å². The first-order chi connectivity index (χ1) is 12.5. The molecule has 144 valence electrons. The molecule has 1 aliphatic heterocycles. The zero-order chi connectivity index (χ0) is 18.5. The molecule has 3 rings (SSSR count). The second-order valence-corrected chi connectivity index (χ2v) is 7.49. The smallest absolute Gasteiger partial charge is 0.217 e. The lowest BCUT2D eigenvalue weighted by Gasteiger charge is -2.37. The predicted octanol–water partition coefficient (Wildman–Crippen LogP) is 2.46. The highest BCUT2D eigenvalue weighted by molar-refractivity contribution is 5.73. The third-order valence-electron chi connectivity index (χ3n) is 5.59. The number of nitrogens with one attached hydrogen (secondary N) is 1. The van der Waals surface area contributed by atoms with Crippen molar-refractivity contribution in [1.29, 1.82) is 0 Å². The van der Waals surface area contributed by atoms with Crippen LogP contribution in [0.4, 0.5) is 4.39 Å². The van der Waals surface area contributed by atoms with Crippen molar-refractivity contribution in [2.24, 2.45) is 11.8 Å². The lowest BCUT2D eigenvalue weighted by molar-refractivity contribution is -0.121. The van der Waals surface area contributed by atoms with Crippen molar-refractivity contribution in [3.8, 4) is 5.75 Å². The Labute approximate surface area is 154 Å². The van der Waals surface area contributed by atoms with E-state index in [4.69, 9.17) is 9.47 Å². The predicted molar refractivity (Wildman–Crippen MR) is 97.6 cm³/mol. The van der Waals surface area contributed by atoms with Gasteiger partial charge >= 0.3 is 0 Å². The summed E-state index contributed by atoms with van der Waals surface area (Å²) in [5, 5.41) is 3.06. The van der Waals surface area contributed by atoms with Gasteiger partial charge in [0.1, 0.15) is 11.6 Å². The summed E-state index contributed by atoms with van der Waals surface area (Å²) in [7, 11) is 1.74. The number of benzene rings is 1. The topological polar surface area (TPSA) is 50.8 Å². The molecule has 1 saturated carbocycles. The number of methoxy groups -OCH3 is 1. The van der Waals surface area contributed by atoms with Crippen molar-refractivity contribution in [3.63, 3.8) is 0 Å². The van der Waals surface area contributed by atoms with Gasteiger partial charge in [-0.3, -0.25) is 4.79 Å². The van der Waals surface area contributed by atoms with Gasteiger partial charge in [0.15, 0.2) is 0 Å². The van der Waals surface area contributed by atoms with E-state index in [1.54, 1.807) is 26.2 Å². The fraction of sp³-hybridized carbons (Fsp3) is 0.650. The average molecular weight is 364 g/mol. The van der Waals surface area contributed by atoms with Crippen LogP contribution in [0.2, 0.25) is 0 Å². The van der Waals surface area contributed by atoms with E-state index < -0.39 is 0 Å². The normalized spacial score (nSPS) is 28.6. The number of hydrogen-bond donors (Lipinski definition) is 1. The van der Waals surface area contributed by atoms with Gasteiger partial charge in [-0.05, 0) is 55.4 Å². The van der Waals surface area contributed by atoms with E-state index in [1.807, 2.05) is 0 Å². The first kappa shape index (κ1) is 19.1. The number of rotatable bonds is 7. The van der Waals surface area contributed by atoms with E-state index in [0.29, 0.717) is 24.2 Å². The summed E-state index contributed by atoms with van der Waals surface area (Å²) >= 11 is 0. The number of hydrogen-bond acceptors (Lipinski definition) is 4. The van der Waals surface area contributed by atoms with Crippen molar-refractivity contribution in [2.75, 3.05) is 33.4 Å². The van der Waals surface area contributed by atoms with Crippen LogP contribution in [0.25, 0.3) is 0 Å². The summed E-state index contributed by atoms with van der Waals surface area (Å²) in [4.78, 5) is 13.9. The molecule has 1 aliphatic carbocycles. The van der Waals surface area contributed by atoms with Gasteiger partial charge < -0.3 is 19.7 Å². The molecule has 1 saturated heterocycles. The molecule has 0 unspecified atom stereocenters. The number of amides is 1. The molecule has 1 aromatic rings. The summed E-state index contributed by atoms with van der Waals surface area (Å²) in [5.41, 5.74) is 0. The van der Waals surface area contributed by atoms with E-state index in [2.05, 4.69) is 10.2 Å². The molecular weight excluding hydrogens is 335 g/mol. The SMILES string of the molecule is CO[C@@H]1C[C@H]2CN(CCCOc3ccc(F)cc3)C[C@H]2C[C@H]1NC(C)=O. The maximum Gasteiger partial charge on any atom is 0.217 e. The molecule has 2 aliphatic rings. The average Bonchev–Trinajstić information content (AvgIpc) is 3.00. The zero-order valence-electron chi connectivity index (χ0n) is 15.6. The van der Waals surface area contributed by atoms with Gasteiger partial charge in [-0.25, -0.2) is 4.39 Å². The Morgan fingerprint density at radius 1 is 1.23 bits per heavy atom. The molecule has 1 N–H and O–H groups in total. The molecule has 5 nitrogen and oxygen atoms in total. The lowest BCUT2D eigenvalue weighted by Crippen LogP contribution is -2.49. The number of carbonyl (C=O) groups excluding carboxylic acids is 1. The highest BCUT2D eigenvalue weighted by Gasteiger charge is 2.42. The largest absolute Gasteiger partial charge is 0.494 e. The Hall–Kier alpha value is -1.66. The Kier molecular flexibility index (Phi) is 6.48. The second-order valence-electron chi connectivity index (χ2n) is 7.49. The van der Waals surface area contributed by atoms with Gasteiger partial charge in [0.05, 0.1) is 18.8 Å². The van der Waals surface area contributed by atoms with E-state index >= 15 is 0 Å². The molecule has 1 aromatic carbocycles. The summed E-state index contributed by atoms with van der Waals surface area (Å²) in [6.07, 6.45) is 3.06. The van der Waals surface area contributed by atoms with E-state index in [9.17, 15) is 9.18 Å². The highest BCUT2D eigenvalue weighted by atomic mass is 19.1. The Morgan fingerprint density at radius 3 is 2.58 bits per heavy atom. The maximum atomic E-state index is 12.9. The van der Waals surface area contributed by atoms with Crippen LogP contribution in [-0.2, 0) is 9.53 Å². The molecule has 0 spiro atoms. The van der Waals surface area contributed by atoms with Crippen LogP contribution in [-0.4, -0.2) is 56.3 Å². The maximum absolute atomic E-state index is 12.9. The van der Waals surface area contributed by atoms with Crippen molar-refractivity contribution >= 4 is 5.91 Å². The quantitative estimate of drug-likeness (QED) is 0.755. The second kappa shape index (κ2) is 8.82. The summed E-state index contributed by atoms with van der Waals surface area (Å²) in [5.74, 6) is 1.74. The molecule has 0 radical (unpaired) electrons. The Morgan fingerprint density at radius 2 is 1.92 bits per heavy atom. The summed E-state index contributed by atoms with van der Waals surface area (Å²) in [6.45, 7) is 5.37. The third-order valence-corrected chi connectivity index (χ3v) is 5.59. The number of ether oxygens (including phenoxy) is 2. The number of likely N-dealkylation sites (tertiary alicyclic amines) is 1. The van der Waals surface area contributed by atoms with Crippen LogP contribution >= 0.6 is 0 Å². The van der Waals surface area contributed by atoms with E-state index in [-0.39, 0.29) is 23.9 Å². The highest BCUT2D eigenvalue weighted by Crippen LogP contribution is 2.37. The Balaban J connectivity index is 1.41. The van der Waals surface area contributed by atoms with Gasteiger partial charge in [-0.1, -0.05) is 0 Å². The number of halogens is 1. The van der Waals surface area contributed by atoms with Crippen molar-refractivity contribution in [2.45, 2.75) is 38.3 Å². The fourth-order valence-electron chi connectivity index (χ4n) is 4.38. The van der Waals surface area contributed by atoms with Crippen LogP contribution in [0, 0.1) is 17.7 Å². The molecular formula is C20H29FN2O3. The van der Waals surface area contributed by atoms with E-state index in [1.165, 1.54) is 12.1 Å². The van der Waals surface area contributed by atoms with Crippen molar-refractivity contribution in [1.82, 2.24) is 10.2 Å². The molecule has 26 heavy (non-hydrogen) atoms. The minimum atomic E-state index is -0.246. The van der Waals surface area contributed by atoms with Crippen LogP contribution in [0.5, 0.6) is 5.75 Å². The number of nitrogens with zero attached hydrogens (tertiary/aromatic N) is 1. The van der Waals surface area contributed by atoms with Crippen LogP contribution in [0.3, 0.4) is 0 Å². The molecule has 1 heterocycles. The van der Waals surface area contributed by atoms with Gasteiger partial charge in [0, 0.05) is 33.7 Å². The lowest BCUT2D eigenvalue weighted by atomic mass is 9.77. The van der Waals surface area contributed by atoms with Crippen LogP contribution in [0.15, 0.2) is 24.3 Å². The number of carbonyl (C=O) groups is 1. The van der Waals surface area contributed by atoms with Crippen LogP contribution in [0.1, 0.15) is 26.2 Å². The summed E-state index contributed by atoms with van der Waals surface area (Å²) < 4.78 is 24.2. The number of fused-ring (bicyclic) bond motifs is 1. The summed E-state index contributed by atoms with van der Waals surface area (Å²) in [6, 6.07) is 6.27. The molecule has 0 aromatic heterocycles. The first-order valence-corrected chi connectivity index (χ1v) is 9.45. The monoisotopic (exact) mass is 364 g/mol. The van der Waals surface area contributed by atoms with E-state index in [0.717, 1.165) is 38.9 Å².